The van der Waals surface area contributed by atoms with Crippen LogP contribution in [0.2, 0.25) is 0 Å². The third-order valence-electron chi connectivity index (χ3n) is 5.81. The largest absolute Gasteiger partial charge is 0.381 e. The van der Waals surface area contributed by atoms with Crippen molar-refractivity contribution in [3.63, 3.8) is 0 Å². The molecule has 3 saturated heterocycles. The Kier molecular flexibility index (Phi) is 4.39. The molecule has 1 amide bonds. The summed E-state index contributed by atoms with van der Waals surface area (Å²) in [6, 6.07) is 0. The number of nitrogens with zero attached hydrogens (tertiary/aromatic N) is 1. The van der Waals surface area contributed by atoms with E-state index in [-0.39, 0.29) is 0 Å². The van der Waals surface area contributed by atoms with Crippen LogP contribution in [0.5, 0.6) is 0 Å². The zero-order valence-electron chi connectivity index (χ0n) is 13.3. The molecular formula is C17H27NO3S. The lowest BCUT2D eigenvalue weighted by atomic mass is 9.82. The zero-order valence-corrected chi connectivity index (χ0v) is 14.1. The molecule has 1 aliphatic carbocycles. The summed E-state index contributed by atoms with van der Waals surface area (Å²) in [6.45, 7) is 4.62. The van der Waals surface area contributed by atoms with Gasteiger partial charge in [-0.1, -0.05) is 6.42 Å². The van der Waals surface area contributed by atoms with Crippen molar-refractivity contribution in [1.29, 1.82) is 0 Å². The van der Waals surface area contributed by atoms with Gasteiger partial charge in [-0.2, -0.15) is 0 Å². The van der Waals surface area contributed by atoms with Gasteiger partial charge < -0.3 is 14.4 Å². The molecular weight excluding hydrogens is 298 g/mol. The molecule has 0 aromatic rings. The summed E-state index contributed by atoms with van der Waals surface area (Å²) in [5, 5.41) is 0. The van der Waals surface area contributed by atoms with Crippen molar-refractivity contribution in [1.82, 2.24) is 4.90 Å². The van der Waals surface area contributed by atoms with Gasteiger partial charge in [-0.05, 0) is 38.0 Å². The molecule has 4 nitrogen and oxygen atoms in total. The Morgan fingerprint density at radius 1 is 1.23 bits per heavy atom. The normalized spacial score (nSPS) is 32.0. The topological polar surface area (TPSA) is 38.8 Å². The summed E-state index contributed by atoms with van der Waals surface area (Å²) < 4.78 is 11.9. The third-order valence-corrected chi connectivity index (χ3v) is 7.38. The van der Waals surface area contributed by atoms with Crippen molar-refractivity contribution in [3.05, 3.63) is 0 Å². The van der Waals surface area contributed by atoms with E-state index in [0.29, 0.717) is 28.6 Å². The molecule has 3 heterocycles. The monoisotopic (exact) mass is 325 g/mol. The second-order valence-electron chi connectivity index (χ2n) is 7.53. The maximum atomic E-state index is 12.2. The number of rotatable bonds is 4. The quantitative estimate of drug-likeness (QED) is 0.795. The van der Waals surface area contributed by atoms with Gasteiger partial charge in [0.25, 0.3) is 0 Å². The Bertz CT molecular complexity index is 414. The lowest BCUT2D eigenvalue weighted by Crippen LogP contribution is -2.62. The Labute approximate surface area is 137 Å². The molecule has 0 bridgehead atoms. The first-order valence-electron chi connectivity index (χ1n) is 8.86. The van der Waals surface area contributed by atoms with Crippen LogP contribution in [-0.2, 0) is 14.3 Å². The standard InChI is InChI=1S/C17H27NO3S/c19-16(14-2-1-3-14)18-11-17(12-18)8-15(10-22-17)21-9-13-4-6-20-7-5-13/h13-15H,1-12H2/t15-/m1/s1. The highest BCUT2D eigenvalue weighted by Gasteiger charge is 2.52. The maximum absolute atomic E-state index is 12.2. The number of carbonyl (C=O) groups is 1. The fourth-order valence-corrected chi connectivity index (χ4v) is 5.59. The van der Waals surface area contributed by atoms with Crippen molar-refractivity contribution in [2.45, 2.75) is 49.4 Å². The first-order chi connectivity index (χ1) is 10.7. The van der Waals surface area contributed by atoms with Gasteiger partial charge in [-0.15, -0.1) is 11.8 Å². The van der Waals surface area contributed by atoms with Gasteiger partial charge in [-0.25, -0.2) is 0 Å². The Morgan fingerprint density at radius 2 is 2.00 bits per heavy atom. The maximum Gasteiger partial charge on any atom is 0.225 e. The predicted octanol–water partition coefficient (Wildman–Crippen LogP) is 2.32. The van der Waals surface area contributed by atoms with Crippen LogP contribution in [0.4, 0.5) is 0 Å². The van der Waals surface area contributed by atoms with Crippen LogP contribution in [0, 0.1) is 11.8 Å². The molecule has 4 aliphatic rings. The van der Waals surface area contributed by atoms with E-state index in [1.54, 1.807) is 0 Å². The zero-order chi connectivity index (χ0) is 15.0. The molecule has 1 atom stereocenters. The van der Waals surface area contributed by atoms with Crippen molar-refractivity contribution in [2.75, 3.05) is 38.7 Å². The van der Waals surface area contributed by atoms with E-state index in [1.807, 2.05) is 11.8 Å². The lowest BCUT2D eigenvalue weighted by molar-refractivity contribution is -0.144. The van der Waals surface area contributed by atoms with Gasteiger partial charge in [0, 0.05) is 44.6 Å². The molecule has 0 radical (unpaired) electrons. The van der Waals surface area contributed by atoms with Crippen LogP contribution in [0.25, 0.3) is 0 Å². The summed E-state index contributed by atoms with van der Waals surface area (Å²) in [7, 11) is 0. The van der Waals surface area contributed by atoms with Crippen LogP contribution in [0.3, 0.4) is 0 Å². The van der Waals surface area contributed by atoms with E-state index in [0.717, 1.165) is 70.8 Å². The molecule has 22 heavy (non-hydrogen) atoms. The number of thioether (sulfide) groups is 1. The lowest BCUT2D eigenvalue weighted by Gasteiger charge is -2.49. The number of likely N-dealkylation sites (tertiary alicyclic amines) is 1. The van der Waals surface area contributed by atoms with Crippen LogP contribution in [0.15, 0.2) is 0 Å². The summed E-state index contributed by atoms with van der Waals surface area (Å²) in [5.74, 6) is 2.57. The van der Waals surface area contributed by atoms with Crippen LogP contribution < -0.4 is 0 Å². The minimum atomic E-state index is 0.319. The molecule has 1 spiro atoms. The average Bonchev–Trinajstić information content (AvgIpc) is 2.87. The molecule has 0 aromatic heterocycles. The smallest absolute Gasteiger partial charge is 0.225 e. The summed E-state index contributed by atoms with van der Waals surface area (Å²) in [5.41, 5.74) is 0. The highest BCUT2D eigenvalue weighted by Crippen LogP contribution is 2.47. The van der Waals surface area contributed by atoms with Crippen molar-refractivity contribution >= 4 is 17.7 Å². The van der Waals surface area contributed by atoms with E-state index in [9.17, 15) is 4.79 Å². The Morgan fingerprint density at radius 3 is 2.68 bits per heavy atom. The first-order valence-corrected chi connectivity index (χ1v) is 9.85. The van der Waals surface area contributed by atoms with Crippen molar-refractivity contribution < 1.29 is 14.3 Å². The van der Waals surface area contributed by atoms with E-state index >= 15 is 0 Å². The molecule has 5 heteroatoms. The number of ether oxygens (including phenoxy) is 2. The predicted molar refractivity (Wildman–Crippen MR) is 87.0 cm³/mol. The number of hydrogen-bond donors (Lipinski definition) is 0. The van der Waals surface area contributed by atoms with Gasteiger partial charge in [0.2, 0.25) is 5.91 Å². The molecule has 1 saturated carbocycles. The molecule has 3 aliphatic heterocycles. The first kappa shape index (κ1) is 15.3. The summed E-state index contributed by atoms with van der Waals surface area (Å²) in [4.78, 5) is 14.3. The third kappa shape index (κ3) is 3.04. The van der Waals surface area contributed by atoms with Crippen LogP contribution >= 0.6 is 11.8 Å². The fourth-order valence-electron chi connectivity index (χ4n) is 4.03. The number of amides is 1. The van der Waals surface area contributed by atoms with E-state index < -0.39 is 0 Å². The van der Waals surface area contributed by atoms with E-state index in [4.69, 9.17) is 9.47 Å². The molecule has 4 fully saturated rings. The second-order valence-corrected chi connectivity index (χ2v) is 9.02. The Balaban J connectivity index is 1.19. The Hall–Kier alpha value is -0.260. The van der Waals surface area contributed by atoms with Gasteiger partial charge in [0.05, 0.1) is 10.9 Å². The van der Waals surface area contributed by atoms with Gasteiger partial charge in [0.15, 0.2) is 0 Å². The summed E-state index contributed by atoms with van der Waals surface area (Å²) in [6.07, 6.45) is 7.30. The van der Waals surface area contributed by atoms with Crippen LogP contribution in [-0.4, -0.2) is 60.3 Å². The van der Waals surface area contributed by atoms with Gasteiger partial charge in [-0.3, -0.25) is 4.79 Å². The van der Waals surface area contributed by atoms with Gasteiger partial charge in [0.1, 0.15) is 0 Å². The van der Waals surface area contributed by atoms with Gasteiger partial charge >= 0.3 is 0 Å². The second kappa shape index (κ2) is 6.33. The minimum Gasteiger partial charge on any atom is -0.381 e. The number of hydrogen-bond acceptors (Lipinski definition) is 4. The highest BCUT2D eigenvalue weighted by atomic mass is 32.2. The molecule has 4 rings (SSSR count). The average molecular weight is 325 g/mol. The molecule has 0 aromatic carbocycles. The van der Waals surface area contributed by atoms with Crippen LogP contribution in [0.1, 0.15) is 38.5 Å². The minimum absolute atomic E-state index is 0.319. The summed E-state index contributed by atoms with van der Waals surface area (Å²) >= 11 is 2.04. The van der Waals surface area contributed by atoms with E-state index in [2.05, 4.69) is 4.90 Å². The molecule has 124 valence electrons. The van der Waals surface area contributed by atoms with E-state index in [1.165, 1.54) is 6.42 Å². The SMILES string of the molecule is O=C(C1CCC1)N1CC2(C[C@@H](OCC3CCOCC3)CS2)C1. The molecule has 0 N–H and O–H groups in total. The van der Waals surface area contributed by atoms with Crippen molar-refractivity contribution in [3.8, 4) is 0 Å². The molecule has 0 unspecified atom stereocenters. The highest BCUT2D eigenvalue weighted by molar-refractivity contribution is 8.01. The fraction of sp³-hybridized carbons (Fsp3) is 0.941. The number of carbonyl (C=O) groups excluding carboxylic acids is 1. The van der Waals surface area contributed by atoms with Crippen molar-refractivity contribution in [2.24, 2.45) is 11.8 Å².